The first-order chi connectivity index (χ1) is 12.7. The number of benzene rings is 1. The van der Waals surface area contributed by atoms with Crippen molar-refractivity contribution in [3.63, 3.8) is 0 Å². The number of carbonyl (C=O) groups is 1. The first-order valence-corrected chi connectivity index (χ1v) is 10.3. The van der Waals surface area contributed by atoms with Gasteiger partial charge in [0.05, 0.1) is 0 Å². The predicted octanol–water partition coefficient (Wildman–Crippen LogP) is 3.24. The van der Waals surface area contributed by atoms with Gasteiger partial charge in [-0.2, -0.15) is 0 Å². The Morgan fingerprint density at radius 2 is 1.96 bits per heavy atom. The van der Waals surface area contributed by atoms with Gasteiger partial charge in [-0.3, -0.25) is 9.69 Å². The maximum atomic E-state index is 12.4. The average molecular weight is 357 g/mol. The van der Waals surface area contributed by atoms with Crippen molar-refractivity contribution in [1.82, 2.24) is 9.80 Å². The molecule has 2 fully saturated rings. The van der Waals surface area contributed by atoms with Gasteiger partial charge in [0.1, 0.15) is 0 Å². The first-order valence-electron chi connectivity index (χ1n) is 10.3. The van der Waals surface area contributed by atoms with E-state index in [1.807, 2.05) is 0 Å². The Bertz CT molecular complexity index is 641. The van der Waals surface area contributed by atoms with E-state index in [4.69, 9.17) is 4.74 Å². The number of ether oxygens (including phenoxy) is 1. The maximum absolute atomic E-state index is 12.4. The summed E-state index contributed by atoms with van der Waals surface area (Å²) in [5, 5.41) is 0. The van der Waals surface area contributed by atoms with Crippen LogP contribution >= 0.6 is 0 Å². The predicted molar refractivity (Wildman–Crippen MR) is 103 cm³/mol. The number of hydrogen-bond acceptors (Lipinski definition) is 3. The number of fused-ring (bicyclic) bond motifs is 1. The number of carbonyl (C=O) groups excluding carboxylic acids is 1. The fourth-order valence-electron chi connectivity index (χ4n) is 5.19. The topological polar surface area (TPSA) is 32.8 Å². The molecular formula is C22H32N2O2. The number of likely N-dealkylation sites (tertiary alicyclic amines) is 1. The summed E-state index contributed by atoms with van der Waals surface area (Å²) in [7, 11) is 0. The van der Waals surface area contributed by atoms with Crippen LogP contribution in [0.4, 0.5) is 0 Å². The molecule has 2 saturated heterocycles. The quantitative estimate of drug-likeness (QED) is 0.815. The zero-order chi connectivity index (χ0) is 18.0. The van der Waals surface area contributed by atoms with Crippen LogP contribution in [0.3, 0.4) is 0 Å². The lowest BCUT2D eigenvalue weighted by atomic mass is 9.80. The van der Waals surface area contributed by atoms with Crippen molar-refractivity contribution < 1.29 is 9.53 Å². The lowest BCUT2D eigenvalue weighted by Gasteiger charge is -2.50. The summed E-state index contributed by atoms with van der Waals surface area (Å²) in [6.07, 6.45) is 7.20. The van der Waals surface area contributed by atoms with Gasteiger partial charge in [0.2, 0.25) is 5.91 Å². The molecule has 0 aromatic heterocycles. The van der Waals surface area contributed by atoms with Crippen molar-refractivity contribution in [3.8, 4) is 0 Å². The minimum atomic E-state index is 0.106. The van der Waals surface area contributed by atoms with E-state index in [0.717, 1.165) is 45.2 Å². The summed E-state index contributed by atoms with van der Waals surface area (Å²) in [6.45, 7) is 7.52. The van der Waals surface area contributed by atoms with Crippen LogP contribution in [0.25, 0.3) is 0 Å². The van der Waals surface area contributed by atoms with E-state index in [1.54, 1.807) is 6.92 Å². The molecule has 26 heavy (non-hydrogen) atoms. The van der Waals surface area contributed by atoms with Gasteiger partial charge >= 0.3 is 0 Å². The molecule has 1 spiro atoms. The summed E-state index contributed by atoms with van der Waals surface area (Å²) in [4.78, 5) is 17.2. The van der Waals surface area contributed by atoms with Crippen LogP contribution in [0.1, 0.15) is 50.2 Å². The second-order valence-electron chi connectivity index (χ2n) is 8.50. The van der Waals surface area contributed by atoms with Crippen LogP contribution in [0, 0.1) is 5.92 Å². The SMILES string of the molecule is CC(=O)N1Cc2ccccc2CC2(CCCCN2CC2CCOCC2)C1. The minimum Gasteiger partial charge on any atom is -0.381 e. The maximum Gasteiger partial charge on any atom is 0.219 e. The van der Waals surface area contributed by atoms with Crippen molar-refractivity contribution in [2.75, 3.05) is 32.8 Å². The Morgan fingerprint density at radius 1 is 1.19 bits per heavy atom. The molecule has 1 aromatic carbocycles. The monoisotopic (exact) mass is 356 g/mol. The minimum absolute atomic E-state index is 0.106. The third kappa shape index (κ3) is 3.67. The molecule has 0 radical (unpaired) electrons. The average Bonchev–Trinajstić information content (AvgIpc) is 2.82. The van der Waals surface area contributed by atoms with Crippen LogP contribution in [-0.2, 0) is 22.5 Å². The van der Waals surface area contributed by atoms with Crippen LogP contribution in [0.15, 0.2) is 24.3 Å². The van der Waals surface area contributed by atoms with Gasteiger partial charge in [-0.1, -0.05) is 30.7 Å². The smallest absolute Gasteiger partial charge is 0.219 e. The van der Waals surface area contributed by atoms with Gasteiger partial charge in [0, 0.05) is 45.3 Å². The Labute approximate surface area is 157 Å². The second-order valence-corrected chi connectivity index (χ2v) is 8.50. The van der Waals surface area contributed by atoms with Crippen molar-refractivity contribution in [1.29, 1.82) is 0 Å². The Morgan fingerprint density at radius 3 is 2.73 bits per heavy atom. The molecule has 0 bridgehead atoms. The van der Waals surface area contributed by atoms with Gasteiger partial charge in [-0.15, -0.1) is 0 Å². The Hall–Kier alpha value is -1.39. The van der Waals surface area contributed by atoms with E-state index in [0.29, 0.717) is 0 Å². The summed E-state index contributed by atoms with van der Waals surface area (Å²) in [5.41, 5.74) is 2.88. The summed E-state index contributed by atoms with van der Waals surface area (Å²) in [6, 6.07) is 8.75. The van der Waals surface area contributed by atoms with Crippen molar-refractivity contribution in [2.24, 2.45) is 5.92 Å². The van der Waals surface area contributed by atoms with Gasteiger partial charge in [-0.05, 0) is 55.7 Å². The molecular weight excluding hydrogens is 324 g/mol. The van der Waals surface area contributed by atoms with E-state index < -0.39 is 0 Å². The number of piperidine rings is 1. The molecule has 0 N–H and O–H groups in total. The van der Waals surface area contributed by atoms with E-state index >= 15 is 0 Å². The van der Waals surface area contributed by atoms with E-state index in [1.165, 1.54) is 49.8 Å². The highest BCUT2D eigenvalue weighted by atomic mass is 16.5. The highest BCUT2D eigenvalue weighted by molar-refractivity contribution is 5.73. The second kappa shape index (κ2) is 7.69. The van der Waals surface area contributed by atoms with Gasteiger partial charge in [0.15, 0.2) is 0 Å². The fourth-order valence-corrected chi connectivity index (χ4v) is 5.19. The van der Waals surface area contributed by atoms with Gasteiger partial charge in [0.25, 0.3) is 0 Å². The van der Waals surface area contributed by atoms with E-state index in [9.17, 15) is 4.79 Å². The third-order valence-electron chi connectivity index (χ3n) is 6.74. The van der Waals surface area contributed by atoms with E-state index in [2.05, 4.69) is 34.1 Å². The molecule has 0 aliphatic carbocycles. The lowest BCUT2D eigenvalue weighted by molar-refractivity contribution is -0.132. The van der Waals surface area contributed by atoms with Crippen molar-refractivity contribution >= 4 is 5.91 Å². The fraction of sp³-hybridized carbons (Fsp3) is 0.682. The summed E-state index contributed by atoms with van der Waals surface area (Å²) in [5.74, 6) is 0.945. The van der Waals surface area contributed by atoms with Crippen molar-refractivity contribution in [2.45, 2.75) is 57.5 Å². The summed E-state index contributed by atoms with van der Waals surface area (Å²) >= 11 is 0. The molecule has 4 heteroatoms. The Kier molecular flexibility index (Phi) is 5.32. The van der Waals surface area contributed by atoms with Gasteiger partial charge in [-0.25, -0.2) is 0 Å². The lowest BCUT2D eigenvalue weighted by Crippen LogP contribution is -2.60. The molecule has 0 saturated carbocycles. The Balaban J connectivity index is 1.64. The number of amides is 1. The molecule has 1 unspecified atom stereocenters. The number of hydrogen-bond donors (Lipinski definition) is 0. The molecule has 1 amide bonds. The van der Waals surface area contributed by atoms with Gasteiger partial charge < -0.3 is 9.64 Å². The first kappa shape index (κ1) is 18.0. The molecule has 3 heterocycles. The molecule has 1 aromatic rings. The molecule has 4 rings (SSSR count). The molecule has 3 aliphatic rings. The van der Waals surface area contributed by atoms with Crippen LogP contribution in [-0.4, -0.2) is 54.1 Å². The van der Waals surface area contributed by atoms with Crippen LogP contribution in [0.2, 0.25) is 0 Å². The largest absolute Gasteiger partial charge is 0.381 e. The van der Waals surface area contributed by atoms with Crippen LogP contribution < -0.4 is 0 Å². The third-order valence-corrected chi connectivity index (χ3v) is 6.74. The number of rotatable bonds is 2. The molecule has 3 aliphatic heterocycles. The van der Waals surface area contributed by atoms with Crippen LogP contribution in [0.5, 0.6) is 0 Å². The molecule has 4 nitrogen and oxygen atoms in total. The standard InChI is InChI=1S/C22H32N2O2/c1-18(25)23-16-21-7-3-2-6-20(21)14-22(17-23)10-4-5-11-24(22)15-19-8-12-26-13-9-19/h2-3,6-7,19H,4-5,8-17H2,1H3. The zero-order valence-electron chi connectivity index (χ0n) is 16.1. The van der Waals surface area contributed by atoms with Crippen molar-refractivity contribution in [3.05, 3.63) is 35.4 Å². The molecule has 142 valence electrons. The number of nitrogens with zero attached hydrogens (tertiary/aromatic N) is 2. The summed E-state index contributed by atoms with van der Waals surface area (Å²) < 4.78 is 5.57. The highest BCUT2D eigenvalue weighted by Gasteiger charge is 2.43. The van der Waals surface area contributed by atoms with E-state index in [-0.39, 0.29) is 11.4 Å². The zero-order valence-corrected chi connectivity index (χ0v) is 16.1. The molecule has 1 atom stereocenters. The normalized spacial score (nSPS) is 28.0. The highest BCUT2D eigenvalue weighted by Crippen LogP contribution is 2.37.